The van der Waals surface area contributed by atoms with Crippen molar-refractivity contribution in [1.82, 2.24) is 16.0 Å². The van der Waals surface area contributed by atoms with Gasteiger partial charge in [0, 0.05) is 25.6 Å². The Morgan fingerprint density at radius 1 is 0.680 bits per heavy atom. The fraction of sp³-hybridized carbons (Fsp3) is 0.333. The minimum atomic E-state index is -4.54. The van der Waals surface area contributed by atoms with Crippen molar-refractivity contribution >= 4 is 11.8 Å². The van der Waals surface area contributed by atoms with Crippen molar-refractivity contribution in [3.8, 4) is 22.3 Å². The molecule has 0 heterocycles. The average Bonchev–Trinajstić information content (AvgIpc) is 3.38. The lowest BCUT2D eigenvalue weighted by Gasteiger charge is -2.31. The molecule has 0 bridgehead atoms. The van der Waals surface area contributed by atoms with Crippen molar-refractivity contribution in [2.24, 2.45) is 0 Å². The highest BCUT2D eigenvalue weighted by Crippen LogP contribution is 2.51. The SMILES string of the molecule is C[C@@H](NCCC(=O)NCCCCCC1(C(=O)NCC(F)(F)F)c2ccccc2-c2ccccc21)c1ccccc1-c1ccc(C(F)(F)F)cc1. The van der Waals surface area contributed by atoms with Crippen LogP contribution >= 0.6 is 0 Å². The van der Waals surface area contributed by atoms with Crippen molar-refractivity contribution < 1.29 is 35.9 Å². The number of carbonyl (C=O) groups excluding carboxylic acids is 2. The summed E-state index contributed by atoms with van der Waals surface area (Å²) in [4.78, 5) is 26.2. The van der Waals surface area contributed by atoms with Crippen LogP contribution in [0.4, 0.5) is 26.3 Å². The second-order valence-corrected chi connectivity index (χ2v) is 12.5. The summed E-state index contributed by atoms with van der Waals surface area (Å²) < 4.78 is 78.4. The molecule has 0 unspecified atom stereocenters. The number of fused-ring (bicyclic) bond motifs is 3. The van der Waals surface area contributed by atoms with Gasteiger partial charge in [-0.05, 0) is 70.8 Å². The van der Waals surface area contributed by atoms with Gasteiger partial charge in [0.25, 0.3) is 0 Å². The molecule has 3 N–H and O–H groups in total. The number of rotatable bonds is 14. The van der Waals surface area contributed by atoms with E-state index in [9.17, 15) is 35.9 Å². The van der Waals surface area contributed by atoms with Gasteiger partial charge in [-0.15, -0.1) is 0 Å². The number of amides is 2. The summed E-state index contributed by atoms with van der Waals surface area (Å²) in [5.41, 5.74) is 3.45. The van der Waals surface area contributed by atoms with E-state index in [1.807, 2.05) is 67.6 Å². The molecular weight excluding hydrogens is 656 g/mol. The van der Waals surface area contributed by atoms with Crippen LogP contribution in [0.1, 0.15) is 67.3 Å². The quantitative estimate of drug-likeness (QED) is 0.0913. The number of benzene rings is 4. The number of halogens is 6. The van der Waals surface area contributed by atoms with Crippen LogP contribution in [0.25, 0.3) is 22.3 Å². The standard InChI is InChI=1S/C39H39F6N3O2/c1-26(29-11-3-4-12-30(29)27-17-19-28(20-18-27)39(43,44)45)46-24-21-35(49)47-23-10-2-9-22-37(36(50)48-25-38(40,41)42)33-15-7-5-13-31(33)32-14-6-8-16-34(32)37/h3-8,11-20,26,46H,2,9-10,21-25H2,1H3,(H,47,49)(H,48,50)/t26-/m1/s1. The molecule has 4 aromatic rings. The molecule has 50 heavy (non-hydrogen) atoms. The zero-order valence-corrected chi connectivity index (χ0v) is 27.6. The van der Waals surface area contributed by atoms with Crippen LogP contribution in [-0.2, 0) is 21.2 Å². The molecule has 1 atom stereocenters. The Balaban J connectivity index is 1.11. The second-order valence-electron chi connectivity index (χ2n) is 12.5. The van der Waals surface area contributed by atoms with E-state index >= 15 is 0 Å². The first kappa shape index (κ1) is 36.6. The van der Waals surface area contributed by atoms with Gasteiger partial charge in [0.05, 0.1) is 5.56 Å². The summed E-state index contributed by atoms with van der Waals surface area (Å²) in [6, 6.07) is 27.0. The van der Waals surface area contributed by atoms with Gasteiger partial charge in [-0.2, -0.15) is 26.3 Å². The van der Waals surface area contributed by atoms with Gasteiger partial charge in [0.15, 0.2) is 0 Å². The molecule has 11 heteroatoms. The van der Waals surface area contributed by atoms with E-state index in [0.717, 1.165) is 34.4 Å². The lowest BCUT2D eigenvalue weighted by molar-refractivity contribution is -0.141. The van der Waals surface area contributed by atoms with Crippen molar-refractivity contribution in [2.75, 3.05) is 19.6 Å². The molecule has 0 fully saturated rings. The van der Waals surface area contributed by atoms with E-state index in [1.54, 1.807) is 12.1 Å². The first-order valence-corrected chi connectivity index (χ1v) is 16.6. The van der Waals surface area contributed by atoms with Crippen LogP contribution in [0.2, 0.25) is 0 Å². The molecule has 5 nitrogen and oxygen atoms in total. The molecular formula is C39H39F6N3O2. The molecule has 5 rings (SSSR count). The number of hydrogen-bond acceptors (Lipinski definition) is 3. The molecule has 4 aromatic carbocycles. The smallest absolute Gasteiger partial charge is 0.356 e. The number of hydrogen-bond donors (Lipinski definition) is 3. The summed E-state index contributed by atoms with van der Waals surface area (Å²) in [5.74, 6) is -0.827. The first-order valence-electron chi connectivity index (χ1n) is 16.6. The van der Waals surface area contributed by atoms with E-state index in [-0.39, 0.29) is 18.4 Å². The average molecular weight is 696 g/mol. The molecule has 0 radical (unpaired) electrons. The van der Waals surface area contributed by atoms with E-state index in [4.69, 9.17) is 0 Å². The first-order chi connectivity index (χ1) is 23.8. The summed E-state index contributed by atoms with van der Waals surface area (Å²) >= 11 is 0. The third kappa shape index (κ3) is 8.38. The zero-order valence-electron chi connectivity index (χ0n) is 27.6. The number of nitrogens with one attached hydrogen (secondary N) is 3. The lowest BCUT2D eigenvalue weighted by Crippen LogP contribution is -2.47. The Bertz CT molecular complexity index is 1740. The van der Waals surface area contributed by atoms with Gasteiger partial charge in [0.2, 0.25) is 11.8 Å². The fourth-order valence-corrected chi connectivity index (χ4v) is 6.78. The van der Waals surface area contributed by atoms with E-state index < -0.39 is 35.8 Å². The maximum Gasteiger partial charge on any atom is 0.416 e. The van der Waals surface area contributed by atoms with E-state index in [1.165, 1.54) is 12.1 Å². The van der Waals surface area contributed by atoms with Gasteiger partial charge in [-0.25, -0.2) is 0 Å². The molecule has 0 saturated carbocycles. The topological polar surface area (TPSA) is 70.2 Å². The van der Waals surface area contributed by atoms with Crippen molar-refractivity contribution in [2.45, 2.75) is 62.8 Å². The van der Waals surface area contributed by atoms with Gasteiger partial charge in [-0.3, -0.25) is 9.59 Å². The molecule has 264 valence electrons. The Kier molecular flexibility index (Phi) is 11.4. The predicted octanol–water partition coefficient (Wildman–Crippen LogP) is 8.73. The molecule has 0 aliphatic heterocycles. The van der Waals surface area contributed by atoms with Crippen LogP contribution in [0.3, 0.4) is 0 Å². The van der Waals surface area contributed by atoms with Crippen molar-refractivity contribution in [1.29, 1.82) is 0 Å². The largest absolute Gasteiger partial charge is 0.416 e. The van der Waals surface area contributed by atoms with Gasteiger partial charge in [0.1, 0.15) is 12.0 Å². The molecule has 2 amide bonds. The monoisotopic (exact) mass is 695 g/mol. The second kappa shape index (κ2) is 15.5. The third-order valence-electron chi connectivity index (χ3n) is 9.20. The molecule has 0 saturated heterocycles. The van der Waals surface area contributed by atoms with Crippen LogP contribution < -0.4 is 16.0 Å². The Hall–Kier alpha value is -4.64. The summed E-state index contributed by atoms with van der Waals surface area (Å²) in [5, 5.41) is 8.37. The van der Waals surface area contributed by atoms with Crippen LogP contribution in [-0.4, -0.2) is 37.6 Å². The highest BCUT2D eigenvalue weighted by Gasteiger charge is 2.49. The molecule has 1 aliphatic rings. The fourth-order valence-electron chi connectivity index (χ4n) is 6.78. The van der Waals surface area contributed by atoms with Gasteiger partial charge in [-0.1, -0.05) is 97.8 Å². The van der Waals surface area contributed by atoms with E-state index in [2.05, 4.69) is 16.0 Å². The Labute approximate surface area is 287 Å². The van der Waals surface area contributed by atoms with Crippen molar-refractivity contribution in [3.63, 3.8) is 0 Å². The number of unbranched alkanes of at least 4 members (excludes halogenated alkanes) is 2. The normalized spacial score (nSPS) is 14.1. The maximum absolute atomic E-state index is 13.6. The van der Waals surface area contributed by atoms with E-state index in [0.29, 0.717) is 55.5 Å². The van der Waals surface area contributed by atoms with Crippen LogP contribution in [0.5, 0.6) is 0 Å². The Morgan fingerprint density at radius 3 is 1.86 bits per heavy atom. The minimum absolute atomic E-state index is 0.151. The number of carbonyl (C=O) groups is 2. The molecule has 0 spiro atoms. The summed E-state index contributed by atoms with van der Waals surface area (Å²) in [6.07, 6.45) is -6.60. The highest BCUT2D eigenvalue weighted by molar-refractivity contribution is 6.00. The predicted molar refractivity (Wildman–Crippen MR) is 181 cm³/mol. The van der Waals surface area contributed by atoms with Crippen LogP contribution in [0, 0.1) is 0 Å². The Morgan fingerprint density at radius 2 is 1.26 bits per heavy atom. The third-order valence-corrected chi connectivity index (χ3v) is 9.20. The lowest BCUT2D eigenvalue weighted by atomic mass is 9.73. The summed E-state index contributed by atoms with van der Waals surface area (Å²) in [6.45, 7) is 1.30. The highest BCUT2D eigenvalue weighted by atomic mass is 19.4. The van der Waals surface area contributed by atoms with Gasteiger partial charge >= 0.3 is 12.4 Å². The zero-order chi connectivity index (χ0) is 35.9. The van der Waals surface area contributed by atoms with Crippen molar-refractivity contribution in [3.05, 3.63) is 119 Å². The maximum atomic E-state index is 13.6. The van der Waals surface area contributed by atoms with Crippen LogP contribution in [0.15, 0.2) is 97.1 Å². The number of alkyl halides is 6. The summed E-state index contributed by atoms with van der Waals surface area (Å²) in [7, 11) is 0. The minimum Gasteiger partial charge on any atom is -0.356 e. The van der Waals surface area contributed by atoms with Gasteiger partial charge < -0.3 is 16.0 Å². The molecule has 0 aromatic heterocycles. The molecule has 1 aliphatic carbocycles.